The van der Waals surface area contributed by atoms with Crippen LogP contribution in [-0.2, 0) is 17.6 Å². The summed E-state index contributed by atoms with van der Waals surface area (Å²) in [4.78, 5) is 17.6. The van der Waals surface area contributed by atoms with Crippen LogP contribution in [-0.4, -0.2) is 18.0 Å². The first kappa shape index (κ1) is 25.3. The predicted molar refractivity (Wildman–Crippen MR) is 151 cm³/mol. The third-order valence-corrected chi connectivity index (χ3v) is 6.40. The number of benzene rings is 3. The zero-order valence-electron chi connectivity index (χ0n) is 20.5. The van der Waals surface area contributed by atoms with Gasteiger partial charge in [0.2, 0.25) is 5.91 Å². The molecule has 1 aliphatic rings. The highest BCUT2D eigenvalue weighted by Gasteiger charge is 2.19. The number of rotatable bonds is 6. The van der Waals surface area contributed by atoms with Crippen LogP contribution < -0.4 is 15.4 Å². The van der Waals surface area contributed by atoms with Crippen LogP contribution in [0.3, 0.4) is 0 Å². The molecule has 0 atom stereocenters. The Bertz CT molecular complexity index is 1410. The Balaban J connectivity index is 0.00000304. The Kier molecular flexibility index (Phi) is 7.91. The standard InChI is InChI=1S/C30H29N3O2.ClH/c1-20-11-13-21(14-12-20)15-18-29(34)31-22-16-17-26-24(19-22)30(23-7-3-4-8-25(23)32-26)33-27-9-5-6-10-28(27)35-2;/h5-6,9-19H,3-4,7-8H2,1-2H3,(H,31,34)(H,32,33);1H/b18-15+;. The number of fused-ring (bicyclic) bond motifs is 2. The number of nitrogens with zero attached hydrogens (tertiary/aromatic N) is 1. The number of carbonyl (C=O) groups is 1. The molecule has 184 valence electrons. The molecule has 0 spiro atoms. The maximum atomic E-state index is 12.6. The van der Waals surface area contributed by atoms with Crippen molar-refractivity contribution < 1.29 is 9.53 Å². The summed E-state index contributed by atoms with van der Waals surface area (Å²) in [6, 6.07) is 21.9. The third-order valence-electron chi connectivity index (χ3n) is 6.40. The van der Waals surface area contributed by atoms with E-state index in [-0.39, 0.29) is 18.3 Å². The van der Waals surface area contributed by atoms with Gasteiger partial charge in [0.1, 0.15) is 5.75 Å². The molecule has 0 fully saturated rings. The molecular formula is C30H30ClN3O2. The van der Waals surface area contributed by atoms with E-state index in [1.807, 2.05) is 79.7 Å². The van der Waals surface area contributed by atoms with Gasteiger partial charge in [-0.05, 0) is 80.1 Å². The second-order valence-corrected chi connectivity index (χ2v) is 8.91. The van der Waals surface area contributed by atoms with Gasteiger partial charge in [0.05, 0.1) is 24.0 Å². The number of hydrogen-bond donors (Lipinski definition) is 2. The van der Waals surface area contributed by atoms with Gasteiger partial charge >= 0.3 is 0 Å². The minimum Gasteiger partial charge on any atom is -0.495 e. The lowest BCUT2D eigenvalue weighted by Gasteiger charge is -2.22. The number of ether oxygens (including phenoxy) is 1. The number of aryl methyl sites for hydroxylation is 2. The number of halogens is 1. The largest absolute Gasteiger partial charge is 0.495 e. The van der Waals surface area contributed by atoms with Crippen LogP contribution in [0.4, 0.5) is 17.1 Å². The quantitative estimate of drug-likeness (QED) is 0.274. The van der Waals surface area contributed by atoms with Crippen molar-refractivity contribution in [3.63, 3.8) is 0 Å². The van der Waals surface area contributed by atoms with Crippen LogP contribution in [0.1, 0.15) is 35.2 Å². The van der Waals surface area contributed by atoms with Crippen molar-refractivity contribution >= 4 is 52.4 Å². The summed E-state index contributed by atoms with van der Waals surface area (Å²) in [7, 11) is 1.68. The maximum Gasteiger partial charge on any atom is 0.248 e. The zero-order valence-corrected chi connectivity index (χ0v) is 21.3. The van der Waals surface area contributed by atoms with Crippen LogP contribution >= 0.6 is 12.4 Å². The molecule has 3 aromatic carbocycles. The lowest BCUT2D eigenvalue weighted by molar-refractivity contribution is -0.111. The molecule has 0 radical (unpaired) electrons. The third kappa shape index (κ3) is 5.52. The Labute approximate surface area is 218 Å². The van der Waals surface area contributed by atoms with Gasteiger partial charge in [0, 0.05) is 22.8 Å². The first-order chi connectivity index (χ1) is 17.1. The van der Waals surface area contributed by atoms with Crippen LogP contribution in [0.15, 0.2) is 72.8 Å². The fourth-order valence-corrected chi connectivity index (χ4v) is 4.56. The smallest absolute Gasteiger partial charge is 0.248 e. The Hall–Kier alpha value is -3.83. The van der Waals surface area contributed by atoms with E-state index < -0.39 is 0 Å². The molecule has 0 aliphatic heterocycles. The van der Waals surface area contributed by atoms with Crippen molar-refractivity contribution in [2.75, 3.05) is 17.7 Å². The normalized spacial score (nSPS) is 12.6. The van der Waals surface area contributed by atoms with Crippen molar-refractivity contribution in [2.45, 2.75) is 32.6 Å². The zero-order chi connectivity index (χ0) is 24.2. The van der Waals surface area contributed by atoms with E-state index in [2.05, 4.69) is 10.6 Å². The van der Waals surface area contributed by atoms with Crippen molar-refractivity contribution in [1.82, 2.24) is 4.98 Å². The van der Waals surface area contributed by atoms with E-state index in [9.17, 15) is 4.79 Å². The molecule has 1 heterocycles. The molecule has 5 rings (SSSR count). The van der Waals surface area contributed by atoms with Gasteiger partial charge in [0.15, 0.2) is 0 Å². The minimum atomic E-state index is -0.171. The number of nitrogens with one attached hydrogen (secondary N) is 2. The van der Waals surface area contributed by atoms with Gasteiger partial charge in [-0.25, -0.2) is 0 Å². The highest BCUT2D eigenvalue weighted by atomic mass is 35.5. The highest BCUT2D eigenvalue weighted by Crippen LogP contribution is 2.38. The molecular weight excluding hydrogens is 470 g/mol. The van der Waals surface area contributed by atoms with Crippen LogP contribution in [0, 0.1) is 6.92 Å². The summed E-state index contributed by atoms with van der Waals surface area (Å²) in [5.74, 6) is 0.614. The summed E-state index contributed by atoms with van der Waals surface area (Å²) in [6.07, 6.45) is 7.64. The lowest BCUT2D eigenvalue weighted by atomic mass is 9.92. The maximum absolute atomic E-state index is 12.6. The number of methoxy groups -OCH3 is 1. The SMILES string of the molecule is COc1ccccc1Nc1c2c(nc3ccc(NC(=O)/C=C/c4ccc(C)cc4)cc13)CCCC2.Cl. The van der Waals surface area contributed by atoms with Gasteiger partial charge < -0.3 is 15.4 Å². The molecule has 2 N–H and O–H groups in total. The number of carbonyl (C=O) groups excluding carboxylic acids is 1. The molecule has 6 heteroatoms. The fraction of sp³-hybridized carbons (Fsp3) is 0.200. The van der Waals surface area contributed by atoms with Crippen LogP contribution in [0.2, 0.25) is 0 Å². The average molecular weight is 500 g/mol. The van der Waals surface area contributed by atoms with Crippen LogP contribution in [0.5, 0.6) is 5.75 Å². The molecule has 4 aromatic rings. The summed E-state index contributed by atoms with van der Waals surface area (Å²) in [6.45, 7) is 2.04. The number of hydrogen-bond acceptors (Lipinski definition) is 4. The number of para-hydroxylation sites is 2. The fourth-order valence-electron chi connectivity index (χ4n) is 4.56. The highest BCUT2D eigenvalue weighted by molar-refractivity contribution is 6.04. The van der Waals surface area contributed by atoms with E-state index in [4.69, 9.17) is 9.72 Å². The molecule has 0 bridgehead atoms. The Morgan fingerprint density at radius 3 is 2.58 bits per heavy atom. The van der Waals surface area contributed by atoms with E-state index in [0.29, 0.717) is 0 Å². The molecule has 0 saturated carbocycles. The van der Waals surface area contributed by atoms with Crippen molar-refractivity contribution in [3.05, 3.63) is 95.2 Å². The average Bonchev–Trinajstić information content (AvgIpc) is 2.89. The molecule has 0 unspecified atom stereocenters. The number of aromatic nitrogens is 1. The second-order valence-electron chi connectivity index (χ2n) is 8.91. The van der Waals surface area contributed by atoms with E-state index >= 15 is 0 Å². The van der Waals surface area contributed by atoms with E-state index in [1.54, 1.807) is 13.2 Å². The molecule has 5 nitrogen and oxygen atoms in total. The van der Waals surface area contributed by atoms with Crippen LogP contribution in [0.25, 0.3) is 17.0 Å². The monoisotopic (exact) mass is 499 g/mol. The lowest BCUT2D eigenvalue weighted by Crippen LogP contribution is -2.11. The van der Waals surface area contributed by atoms with E-state index in [1.165, 1.54) is 11.1 Å². The Morgan fingerprint density at radius 2 is 1.78 bits per heavy atom. The van der Waals surface area contributed by atoms with E-state index in [0.717, 1.165) is 70.7 Å². The molecule has 1 aliphatic carbocycles. The Morgan fingerprint density at radius 1 is 1.00 bits per heavy atom. The minimum absolute atomic E-state index is 0. The topological polar surface area (TPSA) is 63.2 Å². The van der Waals surface area contributed by atoms with Crippen molar-refractivity contribution in [3.8, 4) is 5.75 Å². The van der Waals surface area contributed by atoms with Gasteiger partial charge in [-0.3, -0.25) is 9.78 Å². The van der Waals surface area contributed by atoms with Gasteiger partial charge in [0.25, 0.3) is 0 Å². The summed E-state index contributed by atoms with van der Waals surface area (Å²) < 4.78 is 5.58. The first-order valence-electron chi connectivity index (χ1n) is 12.0. The molecule has 1 aromatic heterocycles. The molecule has 0 saturated heterocycles. The summed E-state index contributed by atoms with van der Waals surface area (Å²) in [5.41, 5.74) is 8.18. The molecule has 1 amide bonds. The number of anilines is 3. The number of pyridine rings is 1. The first-order valence-corrected chi connectivity index (χ1v) is 12.0. The number of amides is 1. The summed E-state index contributed by atoms with van der Waals surface area (Å²) in [5, 5.41) is 7.62. The van der Waals surface area contributed by atoms with Gasteiger partial charge in [-0.1, -0.05) is 42.0 Å². The van der Waals surface area contributed by atoms with Gasteiger partial charge in [-0.15, -0.1) is 12.4 Å². The van der Waals surface area contributed by atoms with Crippen molar-refractivity contribution in [2.24, 2.45) is 0 Å². The predicted octanol–water partition coefficient (Wildman–Crippen LogP) is 7.25. The summed E-state index contributed by atoms with van der Waals surface area (Å²) >= 11 is 0. The second kappa shape index (κ2) is 11.3. The van der Waals surface area contributed by atoms with Crippen molar-refractivity contribution in [1.29, 1.82) is 0 Å². The molecule has 36 heavy (non-hydrogen) atoms. The van der Waals surface area contributed by atoms with Gasteiger partial charge in [-0.2, -0.15) is 0 Å².